The molecule has 0 radical (unpaired) electrons. The number of carbonyl (C=O) groups excluding carboxylic acids is 2. The Kier molecular flexibility index (Phi) is 4.00. The molecule has 3 fully saturated rings. The zero-order chi connectivity index (χ0) is 17.8. The first-order valence-electron chi connectivity index (χ1n) is 8.03. The minimum atomic E-state index is -0.753. The molecular weight excluding hydrogens is 308 g/mol. The third-order valence-electron chi connectivity index (χ3n) is 5.37. The summed E-state index contributed by atoms with van der Waals surface area (Å²) in [5, 5.41) is 10.5. The van der Waals surface area contributed by atoms with E-state index in [9.17, 15) is 14.7 Å². The van der Waals surface area contributed by atoms with Crippen molar-refractivity contribution in [1.29, 1.82) is 0 Å². The highest BCUT2D eigenvalue weighted by Crippen LogP contribution is 2.52. The van der Waals surface area contributed by atoms with E-state index in [1.165, 1.54) is 0 Å². The number of esters is 2. The number of fused-ring (bicyclic) bond motifs is 3. The van der Waals surface area contributed by atoms with Crippen LogP contribution < -0.4 is 0 Å². The van der Waals surface area contributed by atoms with Crippen molar-refractivity contribution < 1.29 is 24.2 Å². The third kappa shape index (κ3) is 2.44. The molecule has 128 valence electrons. The number of ether oxygens (including phenoxy) is 2. The zero-order valence-corrected chi connectivity index (χ0v) is 13.8. The first-order chi connectivity index (χ1) is 11.2. The molecule has 6 atom stereocenters. The molecule has 0 aromatic carbocycles. The van der Waals surface area contributed by atoms with Crippen LogP contribution in [0.4, 0.5) is 0 Å². The zero-order valence-electron chi connectivity index (χ0n) is 13.8. The molecule has 0 spiro atoms. The van der Waals surface area contributed by atoms with Crippen LogP contribution >= 0.6 is 0 Å². The molecule has 24 heavy (non-hydrogen) atoms. The summed E-state index contributed by atoms with van der Waals surface area (Å²) in [6, 6.07) is 0. The molecule has 3 aliphatic rings. The lowest BCUT2D eigenvalue weighted by atomic mass is 9.81. The van der Waals surface area contributed by atoms with Crippen LogP contribution in [0.25, 0.3) is 0 Å². The van der Waals surface area contributed by atoms with E-state index < -0.39 is 36.2 Å². The summed E-state index contributed by atoms with van der Waals surface area (Å²) >= 11 is 0. The monoisotopic (exact) mass is 330 g/mol. The number of rotatable bonds is 2. The van der Waals surface area contributed by atoms with Crippen LogP contribution in [-0.2, 0) is 19.1 Å². The van der Waals surface area contributed by atoms with Gasteiger partial charge in [0.1, 0.15) is 12.2 Å². The lowest BCUT2D eigenvalue weighted by Crippen LogP contribution is -2.34. The van der Waals surface area contributed by atoms with Crippen LogP contribution in [0.1, 0.15) is 19.8 Å². The predicted octanol–water partition coefficient (Wildman–Crippen LogP) is 2.09. The van der Waals surface area contributed by atoms with Gasteiger partial charge in [-0.2, -0.15) is 0 Å². The van der Waals surface area contributed by atoms with Gasteiger partial charge in [-0.05, 0) is 31.3 Å². The summed E-state index contributed by atoms with van der Waals surface area (Å²) in [6.45, 7) is 17.1. The lowest BCUT2D eigenvalue weighted by molar-refractivity contribution is -0.143. The van der Waals surface area contributed by atoms with E-state index in [2.05, 4.69) is 26.3 Å². The molecule has 2 aliphatic carbocycles. The van der Waals surface area contributed by atoms with E-state index in [1.807, 2.05) is 0 Å². The normalized spacial score (nSPS) is 38.2. The lowest BCUT2D eigenvalue weighted by Gasteiger charge is -2.27. The molecule has 3 rings (SSSR count). The SMILES string of the molecule is C=C(C)C(=O)OC1CC2C(=C)CC(O)C3C(=C)C(=O)OC3C2C1=C. The van der Waals surface area contributed by atoms with Gasteiger partial charge in [0.05, 0.1) is 12.0 Å². The molecule has 0 amide bonds. The van der Waals surface area contributed by atoms with Crippen molar-refractivity contribution in [2.45, 2.75) is 38.1 Å². The Morgan fingerprint density at radius 3 is 2.58 bits per heavy atom. The van der Waals surface area contributed by atoms with E-state index in [4.69, 9.17) is 9.47 Å². The Labute approximate surface area is 141 Å². The molecule has 5 heteroatoms. The quantitative estimate of drug-likeness (QED) is 0.477. The van der Waals surface area contributed by atoms with Gasteiger partial charge in [-0.1, -0.05) is 31.9 Å². The molecule has 1 saturated heterocycles. The highest BCUT2D eigenvalue weighted by molar-refractivity contribution is 5.91. The molecule has 5 nitrogen and oxygen atoms in total. The van der Waals surface area contributed by atoms with Gasteiger partial charge in [-0.15, -0.1) is 0 Å². The smallest absolute Gasteiger partial charge is 0.334 e. The van der Waals surface area contributed by atoms with Crippen LogP contribution in [0, 0.1) is 17.8 Å². The number of hydrogen-bond acceptors (Lipinski definition) is 5. The van der Waals surface area contributed by atoms with Crippen molar-refractivity contribution in [2.75, 3.05) is 0 Å². The Bertz CT molecular complexity index is 673. The fraction of sp³-hybridized carbons (Fsp3) is 0.474. The molecular formula is C19H22O5. The van der Waals surface area contributed by atoms with Crippen LogP contribution in [0.15, 0.2) is 48.6 Å². The van der Waals surface area contributed by atoms with Gasteiger partial charge in [0.25, 0.3) is 0 Å². The summed E-state index contributed by atoms with van der Waals surface area (Å²) in [4.78, 5) is 23.8. The van der Waals surface area contributed by atoms with Gasteiger partial charge in [0.2, 0.25) is 0 Å². The van der Waals surface area contributed by atoms with Crippen molar-refractivity contribution in [3.05, 3.63) is 48.6 Å². The van der Waals surface area contributed by atoms with Gasteiger partial charge in [-0.25, -0.2) is 9.59 Å². The average Bonchev–Trinajstić information content (AvgIpc) is 2.93. The van der Waals surface area contributed by atoms with Gasteiger partial charge < -0.3 is 14.6 Å². The molecule has 2 saturated carbocycles. The highest BCUT2D eigenvalue weighted by atomic mass is 16.6. The van der Waals surface area contributed by atoms with Crippen molar-refractivity contribution in [1.82, 2.24) is 0 Å². The summed E-state index contributed by atoms with van der Waals surface area (Å²) in [5.41, 5.74) is 2.17. The van der Waals surface area contributed by atoms with Gasteiger partial charge in [-0.3, -0.25) is 0 Å². The second-order valence-electron chi connectivity index (χ2n) is 6.97. The van der Waals surface area contributed by atoms with E-state index >= 15 is 0 Å². The number of aliphatic hydroxyl groups excluding tert-OH is 1. The molecule has 0 aromatic heterocycles. The molecule has 0 aromatic rings. The highest BCUT2D eigenvalue weighted by Gasteiger charge is 2.56. The second-order valence-corrected chi connectivity index (χ2v) is 6.97. The molecule has 0 bridgehead atoms. The predicted molar refractivity (Wildman–Crippen MR) is 87.7 cm³/mol. The van der Waals surface area contributed by atoms with Crippen LogP contribution in [0.3, 0.4) is 0 Å². The van der Waals surface area contributed by atoms with Crippen molar-refractivity contribution in [3.8, 4) is 0 Å². The molecule has 6 unspecified atom stereocenters. The van der Waals surface area contributed by atoms with Crippen LogP contribution in [-0.4, -0.2) is 35.4 Å². The molecule has 1 aliphatic heterocycles. The van der Waals surface area contributed by atoms with Gasteiger partial charge >= 0.3 is 11.9 Å². The number of hydrogen-bond donors (Lipinski definition) is 1. The van der Waals surface area contributed by atoms with E-state index in [1.54, 1.807) is 6.92 Å². The van der Waals surface area contributed by atoms with Crippen molar-refractivity contribution in [2.24, 2.45) is 17.8 Å². The Hall–Kier alpha value is -2.14. The summed E-state index contributed by atoms with van der Waals surface area (Å²) in [6.07, 6.45) is -0.862. The topological polar surface area (TPSA) is 72.8 Å². The van der Waals surface area contributed by atoms with Gasteiger partial charge in [0.15, 0.2) is 0 Å². The van der Waals surface area contributed by atoms with Crippen molar-refractivity contribution >= 4 is 11.9 Å². The number of carbonyl (C=O) groups is 2. The van der Waals surface area contributed by atoms with Crippen LogP contribution in [0.2, 0.25) is 0 Å². The van der Waals surface area contributed by atoms with E-state index in [0.29, 0.717) is 24.0 Å². The summed E-state index contributed by atoms with van der Waals surface area (Å²) < 4.78 is 11.0. The average molecular weight is 330 g/mol. The fourth-order valence-electron chi connectivity index (χ4n) is 4.12. The maximum atomic E-state index is 11.9. The Balaban J connectivity index is 1.92. The van der Waals surface area contributed by atoms with Gasteiger partial charge in [0, 0.05) is 17.1 Å². The maximum absolute atomic E-state index is 11.9. The van der Waals surface area contributed by atoms with Crippen molar-refractivity contribution in [3.63, 3.8) is 0 Å². The second kappa shape index (κ2) is 5.74. The standard InChI is InChI=1S/C19H22O5/c1-8(2)18(21)23-14-7-12-9(3)6-13(20)16-11(5)19(22)24-17(16)15(12)10(14)4/h12-17,20H,1,3-7H2,2H3. The minimum absolute atomic E-state index is 0.0521. The summed E-state index contributed by atoms with van der Waals surface area (Å²) in [7, 11) is 0. The largest absolute Gasteiger partial charge is 0.458 e. The molecule has 1 N–H and O–H groups in total. The summed E-state index contributed by atoms with van der Waals surface area (Å²) in [5.74, 6) is -1.70. The van der Waals surface area contributed by atoms with E-state index in [-0.39, 0.29) is 17.4 Å². The Morgan fingerprint density at radius 1 is 1.29 bits per heavy atom. The number of aliphatic hydroxyl groups is 1. The van der Waals surface area contributed by atoms with Crippen LogP contribution in [0.5, 0.6) is 0 Å². The molecule has 1 heterocycles. The van der Waals surface area contributed by atoms with E-state index in [0.717, 1.165) is 5.57 Å². The maximum Gasteiger partial charge on any atom is 0.334 e. The first kappa shape index (κ1) is 16.7. The third-order valence-corrected chi connectivity index (χ3v) is 5.37. The fourth-order valence-corrected chi connectivity index (χ4v) is 4.12. The first-order valence-corrected chi connectivity index (χ1v) is 8.03. The Morgan fingerprint density at radius 2 is 1.96 bits per heavy atom. The minimum Gasteiger partial charge on any atom is -0.458 e.